The second kappa shape index (κ2) is 8.95. The molecule has 4 aromatic rings. The van der Waals surface area contributed by atoms with Crippen LogP contribution in [0.5, 0.6) is 11.5 Å². The fraction of sp³-hybridized carbons (Fsp3) is 0.241. The van der Waals surface area contributed by atoms with Crippen molar-refractivity contribution in [1.29, 1.82) is 0 Å². The fourth-order valence-corrected chi connectivity index (χ4v) is 4.77. The van der Waals surface area contributed by atoms with Gasteiger partial charge >= 0.3 is 0 Å². The van der Waals surface area contributed by atoms with Gasteiger partial charge in [0.1, 0.15) is 5.58 Å². The number of methoxy groups -OCH3 is 2. The second-order valence-electron chi connectivity index (χ2n) is 8.86. The summed E-state index contributed by atoms with van der Waals surface area (Å²) in [7, 11) is 3.14. The smallest absolute Gasteiger partial charge is 0.290 e. The normalized spacial score (nSPS) is 14.9. The monoisotopic (exact) mass is 469 g/mol. The second-order valence-corrected chi connectivity index (χ2v) is 8.86. The van der Waals surface area contributed by atoms with E-state index in [0.717, 1.165) is 22.3 Å². The van der Waals surface area contributed by atoms with E-state index < -0.39 is 6.04 Å². The summed E-state index contributed by atoms with van der Waals surface area (Å²) in [5.74, 6) is 0.936. The zero-order valence-electron chi connectivity index (χ0n) is 20.3. The van der Waals surface area contributed by atoms with Crippen LogP contribution in [-0.4, -0.2) is 31.6 Å². The molecule has 0 radical (unpaired) electrons. The Labute approximate surface area is 203 Å². The van der Waals surface area contributed by atoms with Gasteiger partial charge < -0.3 is 18.8 Å². The molecule has 1 aliphatic rings. The molecule has 178 valence electrons. The number of benzene rings is 3. The van der Waals surface area contributed by atoms with Gasteiger partial charge in [0.15, 0.2) is 16.9 Å². The minimum Gasteiger partial charge on any atom is -0.493 e. The Bertz CT molecular complexity index is 1490. The van der Waals surface area contributed by atoms with Crippen LogP contribution in [0.15, 0.2) is 69.9 Å². The average Bonchev–Trinajstić information content (AvgIpc) is 3.15. The van der Waals surface area contributed by atoms with Crippen molar-refractivity contribution in [1.82, 2.24) is 4.90 Å². The number of fused-ring (bicyclic) bond motifs is 2. The molecular weight excluding hydrogens is 442 g/mol. The van der Waals surface area contributed by atoms with Gasteiger partial charge in [-0.15, -0.1) is 0 Å². The summed E-state index contributed by atoms with van der Waals surface area (Å²) in [4.78, 5) is 29.2. The lowest BCUT2D eigenvalue weighted by Gasteiger charge is -2.26. The fourth-order valence-electron chi connectivity index (χ4n) is 4.77. The number of carbonyl (C=O) groups excluding carboxylic acids is 1. The number of hydrogen-bond acceptors (Lipinski definition) is 5. The quantitative estimate of drug-likeness (QED) is 0.388. The Hall–Kier alpha value is -4.06. The van der Waals surface area contributed by atoms with Gasteiger partial charge in [-0.1, -0.05) is 36.4 Å². The number of carbonyl (C=O) groups is 1. The zero-order valence-corrected chi connectivity index (χ0v) is 20.3. The van der Waals surface area contributed by atoms with Crippen molar-refractivity contribution in [2.75, 3.05) is 20.8 Å². The molecule has 0 N–H and O–H groups in total. The average molecular weight is 470 g/mol. The third-order valence-corrected chi connectivity index (χ3v) is 6.79. The lowest BCUT2D eigenvalue weighted by atomic mass is 9.97. The minimum absolute atomic E-state index is 0.110. The van der Waals surface area contributed by atoms with E-state index in [1.165, 1.54) is 0 Å². The van der Waals surface area contributed by atoms with Crippen LogP contribution in [0.2, 0.25) is 0 Å². The van der Waals surface area contributed by atoms with Crippen molar-refractivity contribution in [3.8, 4) is 11.5 Å². The van der Waals surface area contributed by atoms with Gasteiger partial charge in [-0.05, 0) is 66.8 Å². The molecule has 6 nitrogen and oxygen atoms in total. The maximum absolute atomic E-state index is 13.8. The van der Waals surface area contributed by atoms with Crippen molar-refractivity contribution >= 4 is 16.9 Å². The van der Waals surface area contributed by atoms with E-state index in [1.807, 2.05) is 68.4 Å². The SMILES string of the molecule is COc1ccc(C2c3c(oc4cc(C)c(C)cc4c3=O)C(=O)N2CCc2ccccc2)cc1OC. The van der Waals surface area contributed by atoms with E-state index in [-0.39, 0.29) is 17.1 Å². The summed E-state index contributed by atoms with van der Waals surface area (Å²) in [5, 5.41) is 0.482. The number of aryl methyl sites for hydroxylation is 2. The van der Waals surface area contributed by atoms with E-state index in [4.69, 9.17) is 13.9 Å². The van der Waals surface area contributed by atoms with Crippen LogP contribution in [0.1, 0.15) is 44.4 Å². The van der Waals surface area contributed by atoms with Crippen LogP contribution >= 0.6 is 0 Å². The summed E-state index contributed by atoms with van der Waals surface area (Å²) in [6, 6.07) is 18.5. The molecule has 5 rings (SSSR count). The van der Waals surface area contributed by atoms with Crippen LogP contribution in [0.3, 0.4) is 0 Å². The molecule has 6 heteroatoms. The van der Waals surface area contributed by atoms with Crippen molar-refractivity contribution in [3.05, 3.63) is 104 Å². The van der Waals surface area contributed by atoms with Crippen LogP contribution in [0.4, 0.5) is 0 Å². The molecule has 1 unspecified atom stereocenters. The van der Waals surface area contributed by atoms with Gasteiger partial charge in [0.2, 0.25) is 5.76 Å². The maximum atomic E-state index is 13.8. The minimum atomic E-state index is -0.594. The predicted octanol–water partition coefficient (Wildman–Crippen LogP) is 5.21. The molecule has 0 aliphatic carbocycles. The van der Waals surface area contributed by atoms with Crippen molar-refractivity contribution in [2.24, 2.45) is 0 Å². The van der Waals surface area contributed by atoms with Crippen molar-refractivity contribution < 1.29 is 18.7 Å². The first kappa shape index (κ1) is 22.7. The van der Waals surface area contributed by atoms with Crippen LogP contribution < -0.4 is 14.9 Å². The number of rotatable bonds is 6. The maximum Gasteiger partial charge on any atom is 0.290 e. The third-order valence-electron chi connectivity index (χ3n) is 6.79. The lowest BCUT2D eigenvalue weighted by molar-refractivity contribution is 0.0730. The molecule has 1 atom stereocenters. The van der Waals surface area contributed by atoms with Gasteiger partial charge in [0.05, 0.1) is 31.2 Å². The van der Waals surface area contributed by atoms with E-state index in [9.17, 15) is 9.59 Å². The number of nitrogens with zero attached hydrogens (tertiary/aromatic N) is 1. The molecule has 0 fully saturated rings. The molecule has 0 spiro atoms. The Balaban J connectivity index is 1.69. The summed E-state index contributed by atoms with van der Waals surface area (Å²) in [5.41, 5.74) is 4.49. The summed E-state index contributed by atoms with van der Waals surface area (Å²) in [6.07, 6.45) is 0.649. The van der Waals surface area contributed by atoms with E-state index in [1.54, 1.807) is 25.2 Å². The molecule has 0 saturated heterocycles. The summed E-state index contributed by atoms with van der Waals surface area (Å²) in [6.45, 7) is 4.35. The topological polar surface area (TPSA) is 69.0 Å². The number of amides is 1. The van der Waals surface area contributed by atoms with Crippen LogP contribution in [-0.2, 0) is 6.42 Å². The lowest BCUT2D eigenvalue weighted by Crippen LogP contribution is -2.31. The van der Waals surface area contributed by atoms with Gasteiger partial charge in [-0.25, -0.2) is 0 Å². The van der Waals surface area contributed by atoms with E-state index in [2.05, 4.69) is 0 Å². The van der Waals surface area contributed by atoms with Crippen LogP contribution in [0.25, 0.3) is 11.0 Å². The van der Waals surface area contributed by atoms with Gasteiger partial charge in [-0.3, -0.25) is 9.59 Å². The molecule has 0 bridgehead atoms. The number of ether oxygens (including phenoxy) is 2. The highest BCUT2D eigenvalue weighted by Crippen LogP contribution is 2.41. The number of hydrogen-bond donors (Lipinski definition) is 0. The van der Waals surface area contributed by atoms with E-state index >= 15 is 0 Å². The van der Waals surface area contributed by atoms with Gasteiger partial charge in [0, 0.05) is 6.54 Å². The van der Waals surface area contributed by atoms with Crippen molar-refractivity contribution in [2.45, 2.75) is 26.3 Å². The Morgan fingerprint density at radius 1 is 0.886 bits per heavy atom. The predicted molar refractivity (Wildman–Crippen MR) is 135 cm³/mol. The highest BCUT2D eigenvalue weighted by atomic mass is 16.5. The third kappa shape index (κ3) is 3.85. The molecule has 35 heavy (non-hydrogen) atoms. The Morgan fingerprint density at radius 3 is 2.31 bits per heavy atom. The Kier molecular flexibility index (Phi) is 5.81. The largest absolute Gasteiger partial charge is 0.493 e. The van der Waals surface area contributed by atoms with E-state index in [0.29, 0.717) is 41.0 Å². The zero-order chi connectivity index (χ0) is 24.7. The molecule has 2 heterocycles. The molecule has 1 amide bonds. The summed E-state index contributed by atoms with van der Waals surface area (Å²) < 4.78 is 17.0. The Morgan fingerprint density at radius 2 is 1.60 bits per heavy atom. The molecule has 0 saturated carbocycles. The highest BCUT2D eigenvalue weighted by Gasteiger charge is 2.42. The molecular formula is C29H27NO5. The first-order valence-corrected chi connectivity index (χ1v) is 11.6. The molecule has 1 aromatic heterocycles. The molecule has 1 aliphatic heterocycles. The standard InChI is InChI=1S/C29H27NO5/c1-17-14-21-23(15-18(17)2)35-28-25(27(21)31)26(20-10-11-22(33-3)24(16-20)34-4)30(29(28)32)13-12-19-8-6-5-7-9-19/h5-11,14-16,26H,12-13H2,1-4H3. The first-order valence-electron chi connectivity index (χ1n) is 11.6. The van der Waals surface area contributed by atoms with Gasteiger partial charge in [0.25, 0.3) is 5.91 Å². The highest BCUT2D eigenvalue weighted by molar-refractivity contribution is 5.99. The molecule has 3 aromatic carbocycles. The van der Waals surface area contributed by atoms with Crippen molar-refractivity contribution in [3.63, 3.8) is 0 Å². The van der Waals surface area contributed by atoms with Crippen LogP contribution in [0, 0.1) is 13.8 Å². The van der Waals surface area contributed by atoms with Gasteiger partial charge in [-0.2, -0.15) is 0 Å². The summed E-state index contributed by atoms with van der Waals surface area (Å²) >= 11 is 0. The first-order chi connectivity index (χ1) is 16.9.